The van der Waals surface area contributed by atoms with Gasteiger partial charge in [0.05, 0.1) is 18.8 Å². The summed E-state index contributed by atoms with van der Waals surface area (Å²) in [4.78, 5) is 6.99. The highest BCUT2D eigenvalue weighted by Gasteiger charge is 2.18. The molecule has 0 aliphatic heterocycles. The predicted molar refractivity (Wildman–Crippen MR) is 116 cm³/mol. The monoisotopic (exact) mass is 390 g/mol. The number of hydrogen-bond donors (Lipinski definition) is 3. The fraction of sp³-hybridized carbons (Fsp3) is 0.682. The average molecular weight is 391 g/mol. The molecule has 1 aromatic rings. The third kappa shape index (κ3) is 7.68. The maximum absolute atomic E-state index is 10.5. The van der Waals surface area contributed by atoms with E-state index in [2.05, 4.69) is 27.6 Å². The number of aliphatic imine (C=N–C) groups is 1. The second kappa shape index (κ2) is 11.9. The van der Waals surface area contributed by atoms with Crippen LogP contribution in [0.3, 0.4) is 0 Å². The van der Waals surface area contributed by atoms with Gasteiger partial charge in [-0.05, 0) is 58.4 Å². The Kier molecular flexibility index (Phi) is 9.58. The summed E-state index contributed by atoms with van der Waals surface area (Å²) in [5.74, 6) is 1.57. The lowest BCUT2D eigenvalue weighted by Gasteiger charge is -2.24. The summed E-state index contributed by atoms with van der Waals surface area (Å²) >= 11 is 0. The van der Waals surface area contributed by atoms with Crippen molar-refractivity contribution in [1.29, 1.82) is 0 Å². The van der Waals surface area contributed by atoms with Gasteiger partial charge in [0.15, 0.2) is 5.96 Å². The molecule has 1 aliphatic rings. The molecular formula is C22H38N4O2. The van der Waals surface area contributed by atoms with Crippen molar-refractivity contribution in [1.82, 2.24) is 15.5 Å². The molecule has 0 spiro atoms. The van der Waals surface area contributed by atoms with Crippen LogP contribution in [0.5, 0.6) is 5.75 Å². The first-order valence-electron chi connectivity index (χ1n) is 10.7. The Bertz CT molecular complexity index is 583. The Morgan fingerprint density at radius 3 is 2.50 bits per heavy atom. The summed E-state index contributed by atoms with van der Waals surface area (Å²) in [6.45, 7) is 8.99. The Balaban J connectivity index is 1.81. The quantitative estimate of drug-likeness (QED) is 0.423. The van der Waals surface area contributed by atoms with E-state index in [1.807, 2.05) is 45.0 Å². The standard InChI is InChI=1S/C22H38N4O2/c1-5-23-22(24-14-15-26(4)19-8-6-7-9-19)25-16-21(27)18-10-12-20(13-11-18)28-17(2)3/h10-13,17,19,21,27H,5-9,14-16H2,1-4H3,(H2,23,24,25). The van der Waals surface area contributed by atoms with Gasteiger partial charge in [0.2, 0.25) is 0 Å². The van der Waals surface area contributed by atoms with Gasteiger partial charge in [-0.3, -0.25) is 4.99 Å². The summed E-state index contributed by atoms with van der Waals surface area (Å²) in [7, 11) is 2.21. The molecule has 0 heterocycles. The Labute approximate surface area is 170 Å². The smallest absolute Gasteiger partial charge is 0.191 e. The van der Waals surface area contributed by atoms with Crippen molar-refractivity contribution < 1.29 is 9.84 Å². The lowest BCUT2D eigenvalue weighted by molar-refractivity contribution is 0.186. The molecule has 1 atom stereocenters. The maximum atomic E-state index is 10.5. The lowest BCUT2D eigenvalue weighted by atomic mass is 10.1. The maximum Gasteiger partial charge on any atom is 0.191 e. The van der Waals surface area contributed by atoms with Crippen molar-refractivity contribution in [3.05, 3.63) is 29.8 Å². The Hall–Kier alpha value is -1.79. The highest BCUT2D eigenvalue weighted by atomic mass is 16.5. The van der Waals surface area contributed by atoms with E-state index in [0.717, 1.165) is 42.9 Å². The molecule has 28 heavy (non-hydrogen) atoms. The minimum atomic E-state index is -0.635. The molecule has 0 saturated heterocycles. The highest BCUT2D eigenvalue weighted by Crippen LogP contribution is 2.22. The topological polar surface area (TPSA) is 69.1 Å². The van der Waals surface area contributed by atoms with E-state index < -0.39 is 6.10 Å². The van der Waals surface area contributed by atoms with Crippen LogP contribution < -0.4 is 15.4 Å². The molecule has 0 bridgehead atoms. The van der Waals surface area contributed by atoms with Crippen LogP contribution in [0, 0.1) is 0 Å². The van der Waals surface area contributed by atoms with E-state index in [9.17, 15) is 5.11 Å². The molecule has 158 valence electrons. The summed E-state index contributed by atoms with van der Waals surface area (Å²) in [5.41, 5.74) is 0.844. The van der Waals surface area contributed by atoms with E-state index in [-0.39, 0.29) is 6.10 Å². The summed E-state index contributed by atoms with van der Waals surface area (Å²) in [6.07, 6.45) is 4.85. The van der Waals surface area contributed by atoms with Crippen LogP contribution in [0.2, 0.25) is 0 Å². The first-order chi connectivity index (χ1) is 13.5. The van der Waals surface area contributed by atoms with Crippen LogP contribution in [0.15, 0.2) is 29.3 Å². The molecule has 0 amide bonds. The normalized spacial score (nSPS) is 16.6. The number of nitrogens with one attached hydrogen (secondary N) is 2. The summed E-state index contributed by atoms with van der Waals surface area (Å²) < 4.78 is 5.65. The van der Waals surface area contributed by atoms with E-state index >= 15 is 0 Å². The van der Waals surface area contributed by atoms with Gasteiger partial charge in [-0.2, -0.15) is 0 Å². The molecule has 3 N–H and O–H groups in total. The molecular weight excluding hydrogens is 352 g/mol. The van der Waals surface area contributed by atoms with E-state index in [4.69, 9.17) is 4.74 Å². The second-order valence-electron chi connectivity index (χ2n) is 7.82. The zero-order valence-electron chi connectivity index (χ0n) is 17.9. The van der Waals surface area contributed by atoms with Gasteiger partial charge >= 0.3 is 0 Å². The highest BCUT2D eigenvalue weighted by molar-refractivity contribution is 5.79. The number of hydrogen-bond acceptors (Lipinski definition) is 4. The third-order valence-corrected chi connectivity index (χ3v) is 5.11. The van der Waals surface area contributed by atoms with Crippen molar-refractivity contribution >= 4 is 5.96 Å². The van der Waals surface area contributed by atoms with Gasteiger partial charge in [-0.1, -0.05) is 25.0 Å². The zero-order valence-corrected chi connectivity index (χ0v) is 17.9. The van der Waals surface area contributed by atoms with Gasteiger partial charge in [0, 0.05) is 25.7 Å². The number of nitrogens with zero attached hydrogens (tertiary/aromatic N) is 2. The second-order valence-corrected chi connectivity index (χ2v) is 7.82. The minimum absolute atomic E-state index is 0.141. The third-order valence-electron chi connectivity index (χ3n) is 5.11. The fourth-order valence-corrected chi connectivity index (χ4v) is 3.54. The number of aliphatic hydroxyl groups excluding tert-OH is 1. The molecule has 1 aliphatic carbocycles. The first kappa shape index (κ1) is 22.5. The van der Waals surface area contributed by atoms with Crippen LogP contribution in [0.4, 0.5) is 0 Å². The first-order valence-corrected chi connectivity index (χ1v) is 10.7. The molecule has 6 heteroatoms. The number of rotatable bonds is 10. The summed E-state index contributed by atoms with van der Waals surface area (Å²) in [5, 5.41) is 17.1. The van der Waals surface area contributed by atoms with Crippen molar-refractivity contribution in [2.24, 2.45) is 4.99 Å². The van der Waals surface area contributed by atoms with Crippen molar-refractivity contribution in [2.45, 2.75) is 64.7 Å². The zero-order chi connectivity index (χ0) is 20.4. The number of ether oxygens (including phenoxy) is 1. The van der Waals surface area contributed by atoms with Gasteiger partial charge in [0.25, 0.3) is 0 Å². The molecule has 0 radical (unpaired) electrons. The van der Waals surface area contributed by atoms with E-state index in [0.29, 0.717) is 6.54 Å². The molecule has 2 rings (SSSR count). The van der Waals surface area contributed by atoms with Gasteiger partial charge in [-0.15, -0.1) is 0 Å². The Morgan fingerprint density at radius 1 is 1.21 bits per heavy atom. The lowest BCUT2D eigenvalue weighted by Crippen LogP contribution is -2.42. The van der Waals surface area contributed by atoms with E-state index in [1.54, 1.807) is 0 Å². The molecule has 1 saturated carbocycles. The summed E-state index contributed by atoms with van der Waals surface area (Å²) in [6, 6.07) is 8.31. The SMILES string of the molecule is CCNC(=NCC(O)c1ccc(OC(C)C)cc1)NCCN(C)C1CCCC1. The largest absolute Gasteiger partial charge is 0.491 e. The Morgan fingerprint density at radius 2 is 1.89 bits per heavy atom. The number of likely N-dealkylation sites (N-methyl/N-ethyl adjacent to an activating group) is 1. The predicted octanol–water partition coefficient (Wildman–Crippen LogP) is 2.94. The molecule has 6 nitrogen and oxygen atoms in total. The molecule has 1 fully saturated rings. The van der Waals surface area contributed by atoms with Crippen LogP contribution in [-0.2, 0) is 0 Å². The van der Waals surface area contributed by atoms with E-state index in [1.165, 1.54) is 25.7 Å². The minimum Gasteiger partial charge on any atom is -0.491 e. The van der Waals surface area contributed by atoms with Crippen LogP contribution >= 0.6 is 0 Å². The average Bonchev–Trinajstić information content (AvgIpc) is 3.21. The molecule has 0 aromatic heterocycles. The van der Waals surface area contributed by atoms with Crippen LogP contribution in [-0.4, -0.2) is 61.3 Å². The van der Waals surface area contributed by atoms with Gasteiger partial charge < -0.3 is 25.4 Å². The van der Waals surface area contributed by atoms with Crippen molar-refractivity contribution in [3.63, 3.8) is 0 Å². The van der Waals surface area contributed by atoms with Crippen molar-refractivity contribution in [2.75, 3.05) is 33.2 Å². The fourth-order valence-electron chi connectivity index (χ4n) is 3.54. The van der Waals surface area contributed by atoms with Crippen LogP contribution in [0.1, 0.15) is 58.1 Å². The number of benzene rings is 1. The van der Waals surface area contributed by atoms with Crippen LogP contribution in [0.25, 0.3) is 0 Å². The van der Waals surface area contributed by atoms with Gasteiger partial charge in [0.1, 0.15) is 5.75 Å². The number of aliphatic hydroxyl groups is 1. The van der Waals surface area contributed by atoms with Gasteiger partial charge in [-0.25, -0.2) is 0 Å². The molecule has 1 unspecified atom stereocenters. The van der Waals surface area contributed by atoms with Crippen molar-refractivity contribution in [3.8, 4) is 5.75 Å². The molecule has 1 aromatic carbocycles. The number of guanidine groups is 1.